The summed E-state index contributed by atoms with van der Waals surface area (Å²) in [5.41, 5.74) is 0. The van der Waals surface area contributed by atoms with Crippen LogP contribution < -0.4 is 10.0 Å². The molecule has 0 radical (unpaired) electrons. The first kappa shape index (κ1) is 15.3. The maximum Gasteiger partial charge on any atom is 0.212 e. The molecule has 2 saturated carbocycles. The van der Waals surface area contributed by atoms with Gasteiger partial charge in [0.1, 0.15) is 0 Å². The topological polar surface area (TPSA) is 58.2 Å². The van der Waals surface area contributed by atoms with Crippen LogP contribution in [0.25, 0.3) is 0 Å². The second-order valence-corrected chi connectivity index (χ2v) is 8.01. The fourth-order valence-corrected chi connectivity index (χ4v) is 4.72. The highest BCUT2D eigenvalue weighted by Gasteiger charge is 2.31. The monoisotopic (exact) mass is 288 g/mol. The summed E-state index contributed by atoms with van der Waals surface area (Å²) in [6.07, 6.45) is 9.43. The van der Waals surface area contributed by atoms with Gasteiger partial charge in [0.05, 0.1) is 5.75 Å². The van der Waals surface area contributed by atoms with Crippen LogP contribution in [0.2, 0.25) is 0 Å². The molecular formula is C14H28N2O2S. The Kier molecular flexibility index (Phi) is 5.66. The van der Waals surface area contributed by atoms with Crippen LogP contribution in [0.4, 0.5) is 0 Å². The quantitative estimate of drug-likeness (QED) is 0.784. The van der Waals surface area contributed by atoms with Gasteiger partial charge in [0.2, 0.25) is 10.0 Å². The molecule has 0 aliphatic heterocycles. The predicted octanol–water partition coefficient (Wildman–Crippen LogP) is 1.87. The highest BCUT2D eigenvalue weighted by Crippen LogP contribution is 2.40. The summed E-state index contributed by atoms with van der Waals surface area (Å²) in [5, 5.41) is 3.45. The summed E-state index contributed by atoms with van der Waals surface area (Å²) in [6, 6.07) is 0.538. The van der Waals surface area contributed by atoms with Crippen molar-refractivity contribution in [1.82, 2.24) is 10.0 Å². The second kappa shape index (κ2) is 7.04. The molecule has 5 heteroatoms. The van der Waals surface area contributed by atoms with Gasteiger partial charge in [0.25, 0.3) is 0 Å². The van der Waals surface area contributed by atoms with Crippen LogP contribution in [0.3, 0.4) is 0 Å². The summed E-state index contributed by atoms with van der Waals surface area (Å²) < 4.78 is 25.6. The number of fused-ring (bicyclic) bond motifs is 1. The van der Waals surface area contributed by atoms with E-state index in [2.05, 4.69) is 10.0 Å². The van der Waals surface area contributed by atoms with Crippen molar-refractivity contribution in [3.8, 4) is 0 Å². The number of sulfonamides is 1. The maximum absolute atomic E-state index is 11.5. The van der Waals surface area contributed by atoms with Gasteiger partial charge in [-0.05, 0) is 31.1 Å². The Morgan fingerprint density at radius 3 is 2.53 bits per heavy atom. The molecule has 3 unspecified atom stereocenters. The summed E-state index contributed by atoms with van der Waals surface area (Å²) >= 11 is 0. The van der Waals surface area contributed by atoms with E-state index in [0.717, 1.165) is 11.8 Å². The van der Waals surface area contributed by atoms with Gasteiger partial charge in [0, 0.05) is 19.1 Å². The van der Waals surface area contributed by atoms with E-state index < -0.39 is 10.0 Å². The molecule has 112 valence electrons. The largest absolute Gasteiger partial charge is 0.313 e. The summed E-state index contributed by atoms with van der Waals surface area (Å²) in [5.74, 6) is 2.05. The minimum atomic E-state index is -3.07. The Morgan fingerprint density at radius 2 is 1.79 bits per heavy atom. The molecule has 0 aromatic heterocycles. The molecule has 0 spiro atoms. The Hall–Kier alpha value is -0.130. The van der Waals surface area contributed by atoms with Crippen LogP contribution in [0.15, 0.2) is 0 Å². The number of rotatable bonds is 6. The standard InChI is InChI=1S/C14H28N2O2S/c1-2-16-19(17,18)10-9-15-14-8-7-12-5-3-4-6-13(12)11-14/h12-16H,2-11H2,1H3. The molecule has 4 nitrogen and oxygen atoms in total. The van der Waals surface area contributed by atoms with Gasteiger partial charge >= 0.3 is 0 Å². The molecule has 2 aliphatic rings. The van der Waals surface area contributed by atoms with E-state index in [0.29, 0.717) is 19.1 Å². The van der Waals surface area contributed by atoms with Crippen molar-refractivity contribution in [2.24, 2.45) is 11.8 Å². The minimum Gasteiger partial charge on any atom is -0.313 e. The van der Waals surface area contributed by atoms with Crippen molar-refractivity contribution in [2.45, 2.75) is 57.9 Å². The van der Waals surface area contributed by atoms with Gasteiger partial charge in [-0.1, -0.05) is 32.6 Å². The highest BCUT2D eigenvalue weighted by molar-refractivity contribution is 7.89. The first-order chi connectivity index (χ1) is 9.11. The van der Waals surface area contributed by atoms with Gasteiger partial charge in [-0.25, -0.2) is 13.1 Å². The molecule has 19 heavy (non-hydrogen) atoms. The zero-order chi connectivity index (χ0) is 13.7. The van der Waals surface area contributed by atoms with Gasteiger partial charge in [-0.3, -0.25) is 0 Å². The Morgan fingerprint density at radius 1 is 1.05 bits per heavy atom. The third-order valence-corrected chi connectivity index (χ3v) is 6.18. The van der Waals surface area contributed by atoms with E-state index in [1.807, 2.05) is 6.92 Å². The molecule has 2 rings (SSSR count). The van der Waals surface area contributed by atoms with Crippen LogP contribution in [0, 0.1) is 11.8 Å². The van der Waals surface area contributed by atoms with Crippen molar-refractivity contribution in [2.75, 3.05) is 18.8 Å². The zero-order valence-corrected chi connectivity index (χ0v) is 12.8. The lowest BCUT2D eigenvalue weighted by molar-refractivity contribution is 0.145. The average Bonchev–Trinajstić information content (AvgIpc) is 2.38. The summed E-state index contributed by atoms with van der Waals surface area (Å²) in [6.45, 7) is 2.88. The molecule has 0 bridgehead atoms. The van der Waals surface area contributed by atoms with E-state index in [-0.39, 0.29) is 5.75 Å². The fourth-order valence-electron chi connectivity index (χ4n) is 3.75. The highest BCUT2D eigenvalue weighted by atomic mass is 32.2. The van der Waals surface area contributed by atoms with E-state index >= 15 is 0 Å². The van der Waals surface area contributed by atoms with Crippen LogP contribution in [-0.4, -0.2) is 33.3 Å². The lowest BCUT2D eigenvalue weighted by atomic mass is 9.69. The van der Waals surface area contributed by atoms with Gasteiger partial charge in [-0.2, -0.15) is 0 Å². The molecular weight excluding hydrogens is 260 g/mol. The fraction of sp³-hybridized carbons (Fsp3) is 1.00. The van der Waals surface area contributed by atoms with Crippen molar-refractivity contribution in [1.29, 1.82) is 0 Å². The van der Waals surface area contributed by atoms with Gasteiger partial charge in [-0.15, -0.1) is 0 Å². The molecule has 3 atom stereocenters. The summed E-state index contributed by atoms with van der Waals surface area (Å²) in [7, 11) is -3.07. The average molecular weight is 288 g/mol. The normalized spacial score (nSPS) is 31.9. The van der Waals surface area contributed by atoms with Crippen LogP contribution >= 0.6 is 0 Å². The van der Waals surface area contributed by atoms with Gasteiger partial charge in [0.15, 0.2) is 0 Å². The molecule has 2 fully saturated rings. The first-order valence-corrected chi connectivity index (χ1v) is 9.46. The summed E-state index contributed by atoms with van der Waals surface area (Å²) in [4.78, 5) is 0. The van der Waals surface area contributed by atoms with Crippen LogP contribution in [0.5, 0.6) is 0 Å². The number of nitrogens with one attached hydrogen (secondary N) is 2. The Labute approximate surface area is 117 Å². The number of hydrogen-bond donors (Lipinski definition) is 2. The van der Waals surface area contributed by atoms with Crippen LogP contribution in [0.1, 0.15) is 51.9 Å². The third kappa shape index (κ3) is 4.72. The van der Waals surface area contributed by atoms with Crippen molar-refractivity contribution < 1.29 is 8.42 Å². The SMILES string of the molecule is CCNS(=O)(=O)CCNC1CCC2CCCCC2C1. The van der Waals surface area contributed by atoms with Crippen molar-refractivity contribution in [3.63, 3.8) is 0 Å². The smallest absolute Gasteiger partial charge is 0.212 e. The molecule has 0 saturated heterocycles. The van der Waals surface area contributed by atoms with E-state index in [1.54, 1.807) is 0 Å². The van der Waals surface area contributed by atoms with E-state index in [4.69, 9.17) is 0 Å². The Balaban J connectivity index is 1.69. The maximum atomic E-state index is 11.5. The third-order valence-electron chi connectivity index (χ3n) is 4.71. The number of hydrogen-bond acceptors (Lipinski definition) is 3. The van der Waals surface area contributed by atoms with Crippen molar-refractivity contribution >= 4 is 10.0 Å². The Bertz CT molecular complexity index is 370. The van der Waals surface area contributed by atoms with Gasteiger partial charge < -0.3 is 5.32 Å². The van der Waals surface area contributed by atoms with E-state index in [9.17, 15) is 8.42 Å². The predicted molar refractivity (Wildman–Crippen MR) is 78.6 cm³/mol. The van der Waals surface area contributed by atoms with E-state index in [1.165, 1.54) is 44.9 Å². The van der Waals surface area contributed by atoms with Crippen molar-refractivity contribution in [3.05, 3.63) is 0 Å². The molecule has 2 N–H and O–H groups in total. The van der Waals surface area contributed by atoms with Crippen LogP contribution in [-0.2, 0) is 10.0 Å². The molecule has 0 amide bonds. The molecule has 0 aromatic carbocycles. The molecule has 0 heterocycles. The molecule has 0 aromatic rings. The zero-order valence-electron chi connectivity index (χ0n) is 12.0. The minimum absolute atomic E-state index is 0.200. The lowest BCUT2D eigenvalue weighted by Gasteiger charge is -2.39. The molecule has 2 aliphatic carbocycles. The lowest BCUT2D eigenvalue weighted by Crippen LogP contribution is -2.41. The first-order valence-electron chi connectivity index (χ1n) is 7.81. The second-order valence-electron chi connectivity index (χ2n) is 6.09.